The van der Waals surface area contributed by atoms with Crippen molar-refractivity contribution in [2.24, 2.45) is 5.92 Å². The zero-order chi connectivity index (χ0) is 12.1. The topological polar surface area (TPSA) is 42.0 Å². The normalized spacial score (nSPS) is 10.6. The molecule has 1 rings (SSSR count). The Morgan fingerprint density at radius 1 is 1.50 bits per heavy atom. The molecule has 0 bridgehead atoms. The molecule has 1 N–H and O–H groups in total. The number of alkyl halides is 1. The number of amides is 1. The van der Waals surface area contributed by atoms with E-state index in [4.69, 9.17) is 23.2 Å². The van der Waals surface area contributed by atoms with Crippen molar-refractivity contribution in [1.29, 1.82) is 0 Å². The van der Waals surface area contributed by atoms with E-state index in [1.165, 1.54) is 0 Å². The SMILES string of the molecule is CC(C)C(=O)NCc1cncc(Cl)c1CCl. The molecule has 0 aromatic carbocycles. The van der Waals surface area contributed by atoms with Gasteiger partial charge in [0.25, 0.3) is 0 Å². The minimum Gasteiger partial charge on any atom is -0.352 e. The van der Waals surface area contributed by atoms with E-state index >= 15 is 0 Å². The number of pyridine rings is 1. The molecule has 1 aromatic rings. The van der Waals surface area contributed by atoms with Gasteiger partial charge in [-0.05, 0) is 11.1 Å². The van der Waals surface area contributed by atoms with E-state index in [1.54, 1.807) is 12.4 Å². The van der Waals surface area contributed by atoms with Crippen LogP contribution < -0.4 is 5.32 Å². The van der Waals surface area contributed by atoms with Crippen molar-refractivity contribution >= 4 is 29.1 Å². The molecule has 1 heterocycles. The van der Waals surface area contributed by atoms with E-state index in [0.717, 1.165) is 11.1 Å². The lowest BCUT2D eigenvalue weighted by Gasteiger charge is -2.11. The van der Waals surface area contributed by atoms with Crippen LogP contribution in [-0.2, 0) is 17.2 Å². The number of carbonyl (C=O) groups is 1. The van der Waals surface area contributed by atoms with E-state index < -0.39 is 0 Å². The highest BCUT2D eigenvalue weighted by molar-refractivity contribution is 6.32. The van der Waals surface area contributed by atoms with Crippen LogP contribution in [0, 0.1) is 5.92 Å². The number of nitrogens with one attached hydrogen (secondary N) is 1. The van der Waals surface area contributed by atoms with Gasteiger partial charge in [0, 0.05) is 30.7 Å². The van der Waals surface area contributed by atoms with E-state index in [0.29, 0.717) is 17.4 Å². The highest BCUT2D eigenvalue weighted by Crippen LogP contribution is 2.20. The summed E-state index contributed by atoms with van der Waals surface area (Å²) >= 11 is 11.7. The minimum atomic E-state index is -0.0356. The van der Waals surface area contributed by atoms with Gasteiger partial charge in [-0.3, -0.25) is 9.78 Å². The molecule has 88 valence electrons. The highest BCUT2D eigenvalue weighted by Gasteiger charge is 2.10. The Hall–Kier alpha value is -0.800. The third kappa shape index (κ3) is 3.35. The van der Waals surface area contributed by atoms with Crippen LogP contribution in [0.25, 0.3) is 0 Å². The maximum Gasteiger partial charge on any atom is 0.222 e. The third-order valence-corrected chi connectivity index (χ3v) is 2.80. The number of carbonyl (C=O) groups excluding carboxylic acids is 1. The van der Waals surface area contributed by atoms with Gasteiger partial charge in [-0.1, -0.05) is 25.4 Å². The molecule has 0 spiro atoms. The van der Waals surface area contributed by atoms with Crippen molar-refractivity contribution in [1.82, 2.24) is 10.3 Å². The van der Waals surface area contributed by atoms with Crippen LogP contribution in [0.4, 0.5) is 0 Å². The van der Waals surface area contributed by atoms with E-state index in [2.05, 4.69) is 10.3 Å². The van der Waals surface area contributed by atoms with Crippen molar-refractivity contribution in [2.45, 2.75) is 26.3 Å². The van der Waals surface area contributed by atoms with Gasteiger partial charge in [-0.2, -0.15) is 0 Å². The monoisotopic (exact) mass is 260 g/mol. The Morgan fingerprint density at radius 2 is 2.19 bits per heavy atom. The van der Waals surface area contributed by atoms with E-state index in [-0.39, 0.29) is 11.8 Å². The van der Waals surface area contributed by atoms with Gasteiger partial charge >= 0.3 is 0 Å². The van der Waals surface area contributed by atoms with Crippen molar-refractivity contribution in [3.63, 3.8) is 0 Å². The second kappa shape index (κ2) is 6.06. The first-order valence-corrected chi connectivity index (χ1v) is 5.92. The quantitative estimate of drug-likeness (QED) is 0.847. The lowest BCUT2D eigenvalue weighted by Crippen LogP contribution is -2.27. The predicted octanol–water partition coefficient (Wildman–Crippen LogP) is 2.75. The Morgan fingerprint density at radius 3 is 2.75 bits per heavy atom. The van der Waals surface area contributed by atoms with Crippen LogP contribution in [-0.4, -0.2) is 10.9 Å². The molecule has 0 atom stereocenters. The number of nitrogens with zero attached hydrogens (tertiary/aromatic N) is 1. The molecule has 16 heavy (non-hydrogen) atoms. The molecular formula is C11H14Cl2N2O. The van der Waals surface area contributed by atoms with Crippen LogP contribution in [0.1, 0.15) is 25.0 Å². The zero-order valence-corrected chi connectivity index (χ0v) is 10.8. The number of aromatic nitrogens is 1. The summed E-state index contributed by atoms with van der Waals surface area (Å²) in [6, 6.07) is 0. The van der Waals surface area contributed by atoms with Crippen LogP contribution in [0.2, 0.25) is 5.02 Å². The molecule has 3 nitrogen and oxygen atoms in total. The summed E-state index contributed by atoms with van der Waals surface area (Å²) in [5.41, 5.74) is 1.68. The standard InChI is InChI=1S/C11H14Cl2N2O/c1-7(2)11(16)15-5-8-4-14-6-10(13)9(8)3-12/h4,6-7H,3,5H2,1-2H3,(H,15,16). The Balaban J connectivity index is 2.74. The van der Waals surface area contributed by atoms with Crippen LogP contribution in [0.15, 0.2) is 12.4 Å². The second-order valence-electron chi connectivity index (χ2n) is 3.77. The lowest BCUT2D eigenvalue weighted by atomic mass is 10.1. The number of halogens is 2. The van der Waals surface area contributed by atoms with Crippen molar-refractivity contribution < 1.29 is 4.79 Å². The molecule has 0 aliphatic rings. The summed E-state index contributed by atoms with van der Waals surface area (Å²) in [6.07, 6.45) is 3.22. The van der Waals surface area contributed by atoms with Gasteiger partial charge in [0.1, 0.15) is 0 Å². The van der Waals surface area contributed by atoms with Crippen molar-refractivity contribution in [2.75, 3.05) is 0 Å². The average molecular weight is 261 g/mol. The van der Waals surface area contributed by atoms with Crippen molar-refractivity contribution in [3.8, 4) is 0 Å². The van der Waals surface area contributed by atoms with Crippen LogP contribution in [0.3, 0.4) is 0 Å². The summed E-state index contributed by atoms with van der Waals surface area (Å²) in [5, 5.41) is 3.34. The maximum atomic E-state index is 11.4. The average Bonchev–Trinajstić information content (AvgIpc) is 2.25. The molecule has 0 radical (unpaired) electrons. The van der Waals surface area contributed by atoms with Gasteiger partial charge < -0.3 is 5.32 Å². The fraction of sp³-hybridized carbons (Fsp3) is 0.455. The smallest absolute Gasteiger partial charge is 0.222 e. The summed E-state index contributed by atoms with van der Waals surface area (Å²) in [4.78, 5) is 15.4. The van der Waals surface area contributed by atoms with Gasteiger partial charge in [0.05, 0.1) is 5.02 Å². The van der Waals surface area contributed by atoms with Gasteiger partial charge in [-0.15, -0.1) is 11.6 Å². The fourth-order valence-corrected chi connectivity index (χ4v) is 1.82. The molecule has 0 saturated heterocycles. The van der Waals surface area contributed by atoms with E-state index in [9.17, 15) is 4.79 Å². The summed E-state index contributed by atoms with van der Waals surface area (Å²) < 4.78 is 0. The lowest BCUT2D eigenvalue weighted by molar-refractivity contribution is -0.124. The summed E-state index contributed by atoms with van der Waals surface area (Å²) in [5.74, 6) is 0.279. The molecule has 5 heteroatoms. The first-order chi connectivity index (χ1) is 7.56. The zero-order valence-electron chi connectivity index (χ0n) is 9.26. The number of rotatable bonds is 4. The molecule has 1 amide bonds. The van der Waals surface area contributed by atoms with Gasteiger partial charge in [-0.25, -0.2) is 0 Å². The molecule has 0 aliphatic heterocycles. The summed E-state index contributed by atoms with van der Waals surface area (Å²) in [7, 11) is 0. The molecule has 0 fully saturated rings. The summed E-state index contributed by atoms with van der Waals surface area (Å²) in [6.45, 7) is 4.09. The molecular weight excluding hydrogens is 247 g/mol. The maximum absolute atomic E-state index is 11.4. The van der Waals surface area contributed by atoms with Crippen LogP contribution in [0.5, 0.6) is 0 Å². The first-order valence-electron chi connectivity index (χ1n) is 5.01. The predicted molar refractivity (Wildman–Crippen MR) is 65.5 cm³/mol. The first kappa shape index (κ1) is 13.3. The van der Waals surface area contributed by atoms with Gasteiger partial charge in [0.15, 0.2) is 0 Å². The Bertz CT molecular complexity index is 380. The van der Waals surface area contributed by atoms with Gasteiger partial charge in [0.2, 0.25) is 5.91 Å². The highest BCUT2D eigenvalue weighted by atomic mass is 35.5. The van der Waals surface area contributed by atoms with Crippen molar-refractivity contribution in [3.05, 3.63) is 28.5 Å². The van der Waals surface area contributed by atoms with E-state index in [1.807, 2.05) is 13.8 Å². The fourth-order valence-electron chi connectivity index (χ4n) is 1.19. The Labute approximate surface area is 105 Å². The Kier molecular flexibility index (Phi) is 5.03. The number of hydrogen-bond acceptors (Lipinski definition) is 2. The number of hydrogen-bond donors (Lipinski definition) is 1. The molecule has 0 unspecified atom stereocenters. The largest absolute Gasteiger partial charge is 0.352 e. The third-order valence-electron chi connectivity index (χ3n) is 2.21. The molecule has 0 aliphatic carbocycles. The minimum absolute atomic E-state index is 0.000461. The second-order valence-corrected chi connectivity index (χ2v) is 4.44. The molecule has 0 saturated carbocycles. The molecule has 1 aromatic heterocycles. The van der Waals surface area contributed by atoms with Crippen LogP contribution >= 0.6 is 23.2 Å².